The van der Waals surface area contributed by atoms with Gasteiger partial charge < -0.3 is 9.88 Å². The normalized spacial score (nSPS) is 11.3. The molecule has 4 rings (SSSR count). The molecule has 0 saturated carbocycles. The molecule has 1 aromatic carbocycles. The Labute approximate surface area is 152 Å². The summed E-state index contributed by atoms with van der Waals surface area (Å²) in [5, 5.41) is 7.88. The van der Waals surface area contributed by atoms with Gasteiger partial charge in [0.05, 0.1) is 5.52 Å². The zero-order chi connectivity index (χ0) is 18.4. The van der Waals surface area contributed by atoms with Crippen LogP contribution in [0.25, 0.3) is 16.0 Å². The van der Waals surface area contributed by atoms with Gasteiger partial charge in [0, 0.05) is 11.4 Å². The van der Waals surface area contributed by atoms with Crippen molar-refractivity contribution in [3.63, 3.8) is 0 Å². The number of para-hydroxylation sites is 1. The van der Waals surface area contributed by atoms with Crippen LogP contribution in [0.3, 0.4) is 0 Å². The van der Waals surface area contributed by atoms with Crippen molar-refractivity contribution in [2.24, 2.45) is 0 Å². The van der Waals surface area contributed by atoms with Crippen molar-refractivity contribution in [3.8, 4) is 0 Å². The molecule has 7 nitrogen and oxygen atoms in total. The molecule has 3 aromatic heterocycles. The molecule has 0 fully saturated rings. The summed E-state index contributed by atoms with van der Waals surface area (Å²) in [5.41, 5.74) is 3.27. The predicted molar refractivity (Wildman–Crippen MR) is 102 cm³/mol. The second-order valence-corrected chi connectivity index (χ2v) is 7.36. The molecule has 0 aliphatic rings. The zero-order valence-electron chi connectivity index (χ0n) is 14.6. The number of aromatic nitrogens is 4. The van der Waals surface area contributed by atoms with Crippen molar-refractivity contribution in [3.05, 3.63) is 57.0 Å². The lowest BCUT2D eigenvalue weighted by atomic mass is 10.2. The van der Waals surface area contributed by atoms with Crippen LogP contribution in [0.1, 0.15) is 16.3 Å². The third-order valence-corrected chi connectivity index (χ3v) is 5.10. The summed E-state index contributed by atoms with van der Waals surface area (Å²) in [6, 6.07) is 9.40. The number of nitrogens with one attached hydrogen (secondary N) is 1. The Morgan fingerprint density at radius 3 is 2.77 bits per heavy atom. The maximum absolute atomic E-state index is 12.8. The molecule has 8 heteroatoms. The van der Waals surface area contributed by atoms with E-state index < -0.39 is 0 Å². The second kappa shape index (κ2) is 6.06. The van der Waals surface area contributed by atoms with Gasteiger partial charge in [-0.15, -0.1) is 0 Å². The van der Waals surface area contributed by atoms with Crippen molar-refractivity contribution >= 4 is 38.9 Å². The van der Waals surface area contributed by atoms with Crippen LogP contribution in [0.2, 0.25) is 0 Å². The number of nitrogens with zero attached hydrogens (tertiary/aromatic N) is 4. The number of fused-ring (bicyclic) bond motifs is 2. The maximum Gasteiger partial charge on any atom is 0.299 e. The highest BCUT2D eigenvalue weighted by Gasteiger charge is 2.17. The van der Waals surface area contributed by atoms with Crippen molar-refractivity contribution in [1.29, 1.82) is 0 Å². The van der Waals surface area contributed by atoms with E-state index in [2.05, 4.69) is 15.4 Å². The van der Waals surface area contributed by atoms with Gasteiger partial charge >= 0.3 is 0 Å². The summed E-state index contributed by atoms with van der Waals surface area (Å²) in [6.45, 7) is 5.66. The zero-order valence-corrected chi connectivity index (χ0v) is 15.4. The Kier molecular flexibility index (Phi) is 3.84. The highest BCUT2D eigenvalue weighted by atomic mass is 32.1. The molecular weight excluding hydrogens is 350 g/mol. The molecule has 0 atom stereocenters. The van der Waals surface area contributed by atoms with Crippen molar-refractivity contribution < 1.29 is 4.79 Å². The van der Waals surface area contributed by atoms with E-state index in [1.165, 1.54) is 15.9 Å². The van der Waals surface area contributed by atoms with Gasteiger partial charge in [-0.2, -0.15) is 9.61 Å². The molecule has 132 valence electrons. The number of hydrogen-bond donors (Lipinski definition) is 1. The number of carbonyl (C=O) groups excluding carboxylic acids is 1. The van der Waals surface area contributed by atoms with E-state index in [-0.39, 0.29) is 18.0 Å². The Balaban J connectivity index is 1.75. The number of aryl methyl sites for hydroxylation is 3. The van der Waals surface area contributed by atoms with Gasteiger partial charge in [0.2, 0.25) is 10.9 Å². The number of anilines is 1. The molecule has 0 saturated heterocycles. The first kappa shape index (κ1) is 16.5. The Morgan fingerprint density at radius 1 is 1.23 bits per heavy atom. The fourth-order valence-electron chi connectivity index (χ4n) is 3.00. The Morgan fingerprint density at radius 2 is 2.00 bits per heavy atom. The van der Waals surface area contributed by atoms with Crippen LogP contribution >= 0.6 is 11.3 Å². The van der Waals surface area contributed by atoms with Crippen LogP contribution in [0, 0.1) is 20.8 Å². The largest absolute Gasteiger partial charge is 0.330 e. The minimum absolute atomic E-state index is 0.0375. The first-order valence-corrected chi connectivity index (χ1v) is 8.97. The Hall–Kier alpha value is -3.00. The van der Waals surface area contributed by atoms with Crippen LogP contribution in [0.4, 0.5) is 5.69 Å². The standard InChI is InChI=1S/C18H17N5O2S/c1-10-6-4-5-7-13(10)19-15(24)9-22-11(2)8-14-16(22)17(25)23-18(20-14)26-12(3)21-23/h4-8H,9H2,1-3H3,(H,19,24). The molecule has 0 bridgehead atoms. The number of hydrogen-bond acceptors (Lipinski definition) is 5. The minimum Gasteiger partial charge on any atom is -0.330 e. The third-order valence-electron chi connectivity index (χ3n) is 4.28. The van der Waals surface area contributed by atoms with E-state index >= 15 is 0 Å². The highest BCUT2D eigenvalue weighted by molar-refractivity contribution is 7.16. The smallest absolute Gasteiger partial charge is 0.299 e. The van der Waals surface area contributed by atoms with E-state index in [9.17, 15) is 9.59 Å². The molecule has 26 heavy (non-hydrogen) atoms. The van der Waals surface area contributed by atoms with Crippen LogP contribution in [-0.2, 0) is 11.3 Å². The van der Waals surface area contributed by atoms with Gasteiger partial charge in [-0.1, -0.05) is 29.5 Å². The summed E-state index contributed by atoms with van der Waals surface area (Å²) in [6.07, 6.45) is 0. The number of rotatable bonds is 3. The van der Waals surface area contributed by atoms with E-state index in [4.69, 9.17) is 0 Å². The summed E-state index contributed by atoms with van der Waals surface area (Å²) in [5.74, 6) is -0.196. The fraction of sp³-hybridized carbons (Fsp3) is 0.222. The van der Waals surface area contributed by atoms with Gasteiger partial charge in [-0.3, -0.25) is 9.59 Å². The molecule has 0 spiro atoms. The summed E-state index contributed by atoms with van der Waals surface area (Å²) < 4.78 is 3.00. The predicted octanol–water partition coefficient (Wildman–Crippen LogP) is 2.67. The Bertz CT molecular complexity index is 1220. The molecular formula is C18H17N5O2S. The first-order chi connectivity index (χ1) is 12.4. The van der Waals surface area contributed by atoms with Crippen molar-refractivity contribution in [1.82, 2.24) is 19.2 Å². The minimum atomic E-state index is -0.258. The van der Waals surface area contributed by atoms with Crippen LogP contribution in [0.5, 0.6) is 0 Å². The van der Waals surface area contributed by atoms with E-state index in [0.717, 1.165) is 22.0 Å². The van der Waals surface area contributed by atoms with Gasteiger partial charge in [-0.05, 0) is 38.5 Å². The van der Waals surface area contributed by atoms with Crippen LogP contribution in [0.15, 0.2) is 35.1 Å². The van der Waals surface area contributed by atoms with Crippen LogP contribution < -0.4 is 10.9 Å². The lowest BCUT2D eigenvalue weighted by Crippen LogP contribution is -2.23. The monoisotopic (exact) mass is 367 g/mol. The number of carbonyl (C=O) groups is 1. The summed E-state index contributed by atoms with van der Waals surface area (Å²) in [7, 11) is 0. The molecule has 0 aliphatic heterocycles. The number of benzene rings is 1. The summed E-state index contributed by atoms with van der Waals surface area (Å²) in [4.78, 5) is 30.4. The lowest BCUT2D eigenvalue weighted by molar-refractivity contribution is -0.116. The molecule has 1 amide bonds. The van der Waals surface area contributed by atoms with Crippen molar-refractivity contribution in [2.45, 2.75) is 27.3 Å². The van der Waals surface area contributed by atoms with Gasteiger partial charge in [0.1, 0.15) is 17.1 Å². The van der Waals surface area contributed by atoms with Crippen molar-refractivity contribution in [2.75, 3.05) is 5.32 Å². The van der Waals surface area contributed by atoms with E-state index in [1.54, 1.807) is 4.57 Å². The maximum atomic E-state index is 12.8. The highest BCUT2D eigenvalue weighted by Crippen LogP contribution is 2.19. The van der Waals surface area contributed by atoms with Gasteiger partial charge in [-0.25, -0.2) is 4.98 Å². The average molecular weight is 367 g/mol. The van der Waals surface area contributed by atoms with E-state index in [0.29, 0.717) is 16.0 Å². The van der Waals surface area contributed by atoms with Gasteiger partial charge in [0.15, 0.2) is 0 Å². The quantitative estimate of drug-likeness (QED) is 0.604. The number of amides is 1. The lowest BCUT2D eigenvalue weighted by Gasteiger charge is -2.10. The molecule has 0 radical (unpaired) electrons. The summed E-state index contributed by atoms with van der Waals surface area (Å²) >= 11 is 1.37. The first-order valence-electron chi connectivity index (χ1n) is 8.16. The average Bonchev–Trinajstić information content (AvgIpc) is 3.10. The topological polar surface area (TPSA) is 81.3 Å². The fourth-order valence-corrected chi connectivity index (χ4v) is 3.75. The molecule has 0 unspecified atom stereocenters. The van der Waals surface area contributed by atoms with Gasteiger partial charge in [0.25, 0.3) is 5.56 Å². The molecule has 3 heterocycles. The SMILES string of the molecule is Cc1nn2c(=O)c3c(cc(C)n3CC(=O)Nc3ccccc3C)nc2s1. The molecule has 1 N–H and O–H groups in total. The third kappa shape index (κ3) is 2.68. The second-order valence-electron chi connectivity index (χ2n) is 6.20. The molecule has 4 aromatic rings. The molecule has 0 aliphatic carbocycles. The van der Waals surface area contributed by atoms with Crippen LogP contribution in [-0.4, -0.2) is 25.1 Å². The van der Waals surface area contributed by atoms with E-state index in [1.807, 2.05) is 51.1 Å².